The highest BCUT2D eigenvalue weighted by atomic mass is 16.6. The zero-order chi connectivity index (χ0) is 15.1. The second kappa shape index (κ2) is 7.81. The maximum absolute atomic E-state index is 11.1. The van der Waals surface area contributed by atoms with Gasteiger partial charge in [0.25, 0.3) is 0 Å². The molecule has 0 aliphatic rings. The van der Waals surface area contributed by atoms with Gasteiger partial charge in [0, 0.05) is 20.2 Å². The van der Waals surface area contributed by atoms with Crippen molar-refractivity contribution in [1.82, 2.24) is 9.78 Å². The minimum Gasteiger partial charge on any atom is -0.391 e. The molecule has 2 N–H and O–H groups in total. The van der Waals surface area contributed by atoms with E-state index in [4.69, 9.17) is 4.74 Å². The summed E-state index contributed by atoms with van der Waals surface area (Å²) in [5.74, 6) is 0.402. The first kappa shape index (κ1) is 16.4. The molecule has 0 radical (unpaired) electrons. The lowest BCUT2D eigenvalue weighted by Crippen LogP contribution is -2.19. The van der Waals surface area contributed by atoms with Crippen LogP contribution in [0.4, 0.5) is 11.5 Å². The van der Waals surface area contributed by atoms with Crippen LogP contribution in [0, 0.1) is 17.0 Å². The Hall–Kier alpha value is -1.67. The van der Waals surface area contributed by atoms with Crippen LogP contribution >= 0.6 is 0 Å². The molecule has 114 valence electrons. The molecule has 0 spiro atoms. The average Bonchev–Trinajstić information content (AvgIpc) is 2.66. The predicted molar refractivity (Wildman–Crippen MR) is 74.9 cm³/mol. The van der Waals surface area contributed by atoms with E-state index in [1.807, 2.05) is 6.92 Å². The lowest BCUT2D eigenvalue weighted by Gasteiger charge is -2.11. The molecule has 0 bridgehead atoms. The minimum atomic E-state index is -0.588. The maximum atomic E-state index is 11.1. The number of methoxy groups -OCH3 is 1. The van der Waals surface area contributed by atoms with Crippen LogP contribution in [0.5, 0.6) is 0 Å². The number of nitrogens with zero attached hydrogens (tertiary/aromatic N) is 3. The van der Waals surface area contributed by atoms with Gasteiger partial charge < -0.3 is 15.2 Å². The normalized spacial score (nSPS) is 12.4. The van der Waals surface area contributed by atoms with Gasteiger partial charge in [-0.3, -0.25) is 10.1 Å². The Morgan fingerprint density at radius 3 is 2.85 bits per heavy atom. The van der Waals surface area contributed by atoms with E-state index in [2.05, 4.69) is 10.4 Å². The average molecular weight is 286 g/mol. The number of anilines is 1. The number of nitrogens with one attached hydrogen (secondary N) is 1. The van der Waals surface area contributed by atoms with Crippen molar-refractivity contribution in [3.05, 3.63) is 15.8 Å². The van der Waals surface area contributed by atoms with Crippen LogP contribution < -0.4 is 5.32 Å². The summed E-state index contributed by atoms with van der Waals surface area (Å²) in [6.45, 7) is 4.87. The third kappa shape index (κ3) is 4.17. The first-order chi connectivity index (χ1) is 9.51. The molecule has 0 amide bonds. The van der Waals surface area contributed by atoms with E-state index in [1.54, 1.807) is 11.6 Å². The van der Waals surface area contributed by atoms with Crippen LogP contribution in [-0.4, -0.2) is 46.2 Å². The lowest BCUT2D eigenvalue weighted by atomic mass is 10.2. The molecule has 0 aliphatic carbocycles. The monoisotopic (exact) mass is 286 g/mol. The fourth-order valence-electron chi connectivity index (χ4n) is 1.97. The third-order valence-electron chi connectivity index (χ3n) is 2.84. The molecule has 8 heteroatoms. The van der Waals surface area contributed by atoms with Gasteiger partial charge in [0.05, 0.1) is 17.6 Å². The molecule has 0 aromatic carbocycles. The number of rotatable bonds is 9. The summed E-state index contributed by atoms with van der Waals surface area (Å²) in [4.78, 5) is 10.7. The Labute approximate surface area is 117 Å². The molecule has 0 aliphatic heterocycles. The zero-order valence-electron chi connectivity index (χ0n) is 12.1. The van der Waals surface area contributed by atoms with E-state index in [9.17, 15) is 15.2 Å². The van der Waals surface area contributed by atoms with Crippen molar-refractivity contribution in [1.29, 1.82) is 0 Å². The molecule has 20 heavy (non-hydrogen) atoms. The summed E-state index contributed by atoms with van der Waals surface area (Å²) in [5, 5.41) is 27.8. The molecule has 1 aromatic rings. The molecule has 1 unspecified atom stereocenters. The molecular weight excluding hydrogens is 264 g/mol. The first-order valence-electron chi connectivity index (χ1n) is 6.63. The summed E-state index contributed by atoms with van der Waals surface area (Å²) in [7, 11) is 1.52. The quantitative estimate of drug-likeness (QED) is 0.524. The van der Waals surface area contributed by atoms with Crippen molar-refractivity contribution < 1.29 is 14.8 Å². The van der Waals surface area contributed by atoms with Gasteiger partial charge in [0.15, 0.2) is 0 Å². The molecule has 1 rings (SSSR count). The van der Waals surface area contributed by atoms with Crippen LogP contribution in [0.1, 0.15) is 25.5 Å². The number of ether oxygens (including phenoxy) is 1. The number of hydrogen-bond acceptors (Lipinski definition) is 6. The van der Waals surface area contributed by atoms with Crippen LogP contribution in [0.15, 0.2) is 0 Å². The van der Waals surface area contributed by atoms with Crippen molar-refractivity contribution in [2.75, 3.05) is 25.6 Å². The van der Waals surface area contributed by atoms with E-state index in [-0.39, 0.29) is 12.3 Å². The molecule has 1 aromatic heterocycles. The first-order valence-corrected chi connectivity index (χ1v) is 6.63. The Morgan fingerprint density at radius 1 is 1.60 bits per heavy atom. The van der Waals surface area contributed by atoms with Gasteiger partial charge in [-0.15, -0.1) is 0 Å². The second-order valence-electron chi connectivity index (χ2n) is 4.59. The summed E-state index contributed by atoms with van der Waals surface area (Å²) >= 11 is 0. The summed E-state index contributed by atoms with van der Waals surface area (Å²) < 4.78 is 6.44. The number of nitro groups is 1. The number of aromatic nitrogens is 2. The van der Waals surface area contributed by atoms with Crippen molar-refractivity contribution in [2.24, 2.45) is 0 Å². The number of aliphatic hydroxyl groups excluding tert-OH is 1. The molecule has 0 fully saturated rings. The third-order valence-corrected chi connectivity index (χ3v) is 2.84. The smallest absolute Gasteiger partial charge is 0.333 e. The number of hydrogen-bond donors (Lipinski definition) is 2. The van der Waals surface area contributed by atoms with Crippen molar-refractivity contribution >= 4 is 11.5 Å². The van der Waals surface area contributed by atoms with E-state index in [0.29, 0.717) is 31.0 Å². The second-order valence-corrected chi connectivity index (χ2v) is 4.59. The highest BCUT2D eigenvalue weighted by Crippen LogP contribution is 2.28. The van der Waals surface area contributed by atoms with Crippen molar-refractivity contribution in [3.8, 4) is 0 Å². The fraction of sp³-hybridized carbons (Fsp3) is 0.750. The maximum Gasteiger partial charge on any atom is 0.333 e. The summed E-state index contributed by atoms with van der Waals surface area (Å²) in [6.07, 6.45) is 0.691. The van der Waals surface area contributed by atoms with E-state index >= 15 is 0 Å². The van der Waals surface area contributed by atoms with Gasteiger partial charge in [-0.25, -0.2) is 4.68 Å². The van der Waals surface area contributed by atoms with E-state index in [1.165, 1.54) is 7.11 Å². The van der Waals surface area contributed by atoms with Crippen molar-refractivity contribution in [3.63, 3.8) is 0 Å². The van der Waals surface area contributed by atoms with Crippen LogP contribution in [-0.2, 0) is 11.3 Å². The number of aliphatic hydroxyl groups is 1. The molecule has 1 atom stereocenters. The Morgan fingerprint density at radius 2 is 2.30 bits per heavy atom. The Bertz CT molecular complexity index is 447. The SMILES string of the molecule is CCCn1nc(C)c([N+](=O)[O-])c1NCCC(O)COC. The van der Waals surface area contributed by atoms with Gasteiger partial charge >= 0.3 is 5.69 Å². The molecule has 0 saturated carbocycles. The van der Waals surface area contributed by atoms with E-state index in [0.717, 1.165) is 6.42 Å². The van der Waals surface area contributed by atoms with Gasteiger partial charge in [0.1, 0.15) is 5.69 Å². The lowest BCUT2D eigenvalue weighted by molar-refractivity contribution is -0.384. The standard InChI is InChI=1S/C12H22N4O4/c1-4-7-15-12(11(16(18)19)9(2)14-15)13-6-5-10(17)8-20-3/h10,13,17H,4-8H2,1-3H3. The van der Waals surface area contributed by atoms with Gasteiger partial charge in [0.2, 0.25) is 5.82 Å². The van der Waals surface area contributed by atoms with Gasteiger partial charge in [-0.05, 0) is 19.8 Å². The Balaban J connectivity index is 2.78. The van der Waals surface area contributed by atoms with Crippen LogP contribution in [0.25, 0.3) is 0 Å². The highest BCUT2D eigenvalue weighted by molar-refractivity contribution is 5.59. The number of aryl methyl sites for hydroxylation is 2. The molecule has 8 nitrogen and oxygen atoms in total. The van der Waals surface area contributed by atoms with Crippen molar-refractivity contribution in [2.45, 2.75) is 39.3 Å². The van der Waals surface area contributed by atoms with Crippen LogP contribution in [0.3, 0.4) is 0 Å². The van der Waals surface area contributed by atoms with Gasteiger partial charge in [-0.1, -0.05) is 6.92 Å². The zero-order valence-corrected chi connectivity index (χ0v) is 12.1. The molecule has 1 heterocycles. The highest BCUT2D eigenvalue weighted by Gasteiger charge is 2.24. The summed E-state index contributed by atoms with van der Waals surface area (Å²) in [5.41, 5.74) is 0.392. The fourth-order valence-corrected chi connectivity index (χ4v) is 1.97. The Kier molecular flexibility index (Phi) is 6.40. The minimum absolute atomic E-state index is 0.000295. The summed E-state index contributed by atoms with van der Waals surface area (Å²) in [6, 6.07) is 0. The predicted octanol–water partition coefficient (Wildman–Crippen LogP) is 1.32. The van der Waals surface area contributed by atoms with E-state index < -0.39 is 11.0 Å². The van der Waals surface area contributed by atoms with Gasteiger partial charge in [-0.2, -0.15) is 5.10 Å². The largest absolute Gasteiger partial charge is 0.391 e. The molecule has 0 saturated heterocycles. The topological polar surface area (TPSA) is 102 Å². The van der Waals surface area contributed by atoms with Crippen LogP contribution in [0.2, 0.25) is 0 Å². The molecular formula is C12H22N4O4.